The van der Waals surface area contributed by atoms with Crippen molar-refractivity contribution in [3.63, 3.8) is 0 Å². The number of benzene rings is 1. The summed E-state index contributed by atoms with van der Waals surface area (Å²) in [7, 11) is 0. The molecule has 0 aliphatic rings. The fourth-order valence-corrected chi connectivity index (χ4v) is 1.74. The van der Waals surface area contributed by atoms with Crippen LogP contribution < -0.4 is 10.6 Å². The molecule has 1 amide bonds. The Kier molecular flexibility index (Phi) is 7.11. The van der Waals surface area contributed by atoms with E-state index >= 15 is 0 Å². The van der Waals surface area contributed by atoms with Gasteiger partial charge in [-0.15, -0.1) is 0 Å². The summed E-state index contributed by atoms with van der Waals surface area (Å²) in [5, 5.41) is 6.20. The van der Waals surface area contributed by atoms with Gasteiger partial charge in [-0.05, 0) is 25.5 Å². The van der Waals surface area contributed by atoms with Crippen LogP contribution in [0.3, 0.4) is 0 Å². The van der Waals surface area contributed by atoms with Gasteiger partial charge in [0.2, 0.25) is 5.91 Å². The van der Waals surface area contributed by atoms with E-state index in [1.165, 1.54) is 18.4 Å². The topological polar surface area (TPSA) is 41.1 Å². The van der Waals surface area contributed by atoms with Crippen LogP contribution in [0.4, 0.5) is 0 Å². The van der Waals surface area contributed by atoms with Gasteiger partial charge < -0.3 is 10.6 Å². The minimum atomic E-state index is 0.112. The Morgan fingerprint density at radius 2 is 2.11 bits per heavy atom. The number of hydrogen-bond donors (Lipinski definition) is 2. The molecule has 0 heterocycles. The number of hydrogen-bond acceptors (Lipinski definition) is 2. The summed E-state index contributed by atoms with van der Waals surface area (Å²) in [6.07, 6.45) is 2.91. The zero-order chi connectivity index (χ0) is 13.2. The van der Waals surface area contributed by atoms with E-state index in [0.29, 0.717) is 13.0 Å². The first-order valence-electron chi connectivity index (χ1n) is 6.75. The van der Waals surface area contributed by atoms with Crippen molar-refractivity contribution in [3.8, 4) is 0 Å². The maximum atomic E-state index is 11.6. The van der Waals surface area contributed by atoms with E-state index in [2.05, 4.69) is 36.6 Å². The summed E-state index contributed by atoms with van der Waals surface area (Å²) in [5.41, 5.74) is 2.38. The van der Waals surface area contributed by atoms with E-state index < -0.39 is 0 Å². The Labute approximate surface area is 110 Å². The fraction of sp³-hybridized carbons (Fsp3) is 0.533. The quantitative estimate of drug-likeness (QED) is 0.694. The molecular weight excluding hydrogens is 224 g/mol. The summed E-state index contributed by atoms with van der Waals surface area (Å²) in [6, 6.07) is 8.21. The van der Waals surface area contributed by atoms with Crippen molar-refractivity contribution < 1.29 is 4.79 Å². The summed E-state index contributed by atoms with van der Waals surface area (Å²) in [6.45, 7) is 6.61. The van der Waals surface area contributed by atoms with Gasteiger partial charge in [-0.2, -0.15) is 0 Å². The van der Waals surface area contributed by atoms with Crippen molar-refractivity contribution in [1.29, 1.82) is 0 Å². The molecule has 1 rings (SSSR count). The molecule has 0 fully saturated rings. The number of carbonyl (C=O) groups excluding carboxylic acids is 1. The first kappa shape index (κ1) is 14.7. The van der Waals surface area contributed by atoms with Gasteiger partial charge in [0.1, 0.15) is 0 Å². The summed E-state index contributed by atoms with van der Waals surface area (Å²) >= 11 is 0. The predicted octanol–water partition coefficient (Wildman–Crippen LogP) is 2.39. The Morgan fingerprint density at radius 3 is 2.83 bits per heavy atom. The highest BCUT2D eigenvalue weighted by atomic mass is 16.1. The number of nitrogens with one attached hydrogen (secondary N) is 2. The fourth-order valence-electron chi connectivity index (χ4n) is 1.74. The van der Waals surface area contributed by atoms with Gasteiger partial charge in [0, 0.05) is 19.5 Å². The smallest absolute Gasteiger partial charge is 0.221 e. The van der Waals surface area contributed by atoms with Crippen LogP contribution in [0.15, 0.2) is 24.3 Å². The lowest BCUT2D eigenvalue weighted by Crippen LogP contribution is -2.27. The molecule has 0 unspecified atom stereocenters. The first-order valence-corrected chi connectivity index (χ1v) is 6.75. The average molecular weight is 248 g/mol. The van der Waals surface area contributed by atoms with Gasteiger partial charge in [-0.3, -0.25) is 4.79 Å². The second-order valence-electron chi connectivity index (χ2n) is 4.62. The first-order chi connectivity index (χ1) is 8.72. The third kappa shape index (κ3) is 6.40. The van der Waals surface area contributed by atoms with E-state index in [4.69, 9.17) is 0 Å². The van der Waals surface area contributed by atoms with E-state index in [1.54, 1.807) is 0 Å². The molecule has 0 aliphatic heterocycles. The number of rotatable bonds is 8. The normalized spacial score (nSPS) is 10.3. The van der Waals surface area contributed by atoms with Gasteiger partial charge in [-0.1, -0.05) is 43.2 Å². The van der Waals surface area contributed by atoms with E-state index in [0.717, 1.165) is 18.7 Å². The summed E-state index contributed by atoms with van der Waals surface area (Å²) in [5.74, 6) is 0.112. The van der Waals surface area contributed by atoms with E-state index in [-0.39, 0.29) is 5.91 Å². The monoisotopic (exact) mass is 248 g/mol. The Bertz CT molecular complexity index is 363. The highest BCUT2D eigenvalue weighted by Gasteiger charge is 2.00. The lowest BCUT2D eigenvalue weighted by Gasteiger charge is -2.07. The van der Waals surface area contributed by atoms with Crippen LogP contribution in [0.25, 0.3) is 0 Å². The number of amides is 1. The minimum absolute atomic E-state index is 0.112. The van der Waals surface area contributed by atoms with Gasteiger partial charge in [0.15, 0.2) is 0 Å². The third-order valence-corrected chi connectivity index (χ3v) is 2.81. The number of carbonyl (C=O) groups is 1. The lowest BCUT2D eigenvalue weighted by molar-refractivity contribution is -0.121. The summed E-state index contributed by atoms with van der Waals surface area (Å²) in [4.78, 5) is 11.6. The largest absolute Gasteiger partial charge is 0.352 e. The van der Waals surface area contributed by atoms with Crippen molar-refractivity contribution >= 4 is 5.91 Å². The zero-order valence-corrected chi connectivity index (χ0v) is 11.5. The second-order valence-corrected chi connectivity index (χ2v) is 4.62. The molecule has 100 valence electrons. The lowest BCUT2D eigenvalue weighted by atomic mass is 10.1. The van der Waals surface area contributed by atoms with Crippen molar-refractivity contribution in [3.05, 3.63) is 35.4 Å². The highest BCUT2D eigenvalue weighted by molar-refractivity contribution is 5.76. The van der Waals surface area contributed by atoms with Crippen molar-refractivity contribution in [2.45, 2.75) is 39.7 Å². The number of aryl methyl sites for hydroxylation is 1. The Balaban J connectivity index is 2.13. The molecule has 0 radical (unpaired) electrons. The zero-order valence-electron chi connectivity index (χ0n) is 11.5. The maximum Gasteiger partial charge on any atom is 0.221 e. The SMILES string of the molecule is CCCCNCCC(=O)NCc1cccc(C)c1. The average Bonchev–Trinajstić information content (AvgIpc) is 2.36. The van der Waals surface area contributed by atoms with Crippen LogP contribution in [-0.4, -0.2) is 19.0 Å². The molecule has 0 aliphatic carbocycles. The van der Waals surface area contributed by atoms with Crippen LogP contribution in [0.2, 0.25) is 0 Å². The van der Waals surface area contributed by atoms with E-state index in [1.807, 2.05) is 12.1 Å². The van der Waals surface area contributed by atoms with Crippen molar-refractivity contribution in [1.82, 2.24) is 10.6 Å². The molecule has 1 aromatic rings. The highest BCUT2D eigenvalue weighted by Crippen LogP contribution is 2.03. The van der Waals surface area contributed by atoms with Crippen LogP contribution >= 0.6 is 0 Å². The van der Waals surface area contributed by atoms with Crippen LogP contribution in [-0.2, 0) is 11.3 Å². The molecule has 3 heteroatoms. The minimum Gasteiger partial charge on any atom is -0.352 e. The van der Waals surface area contributed by atoms with Gasteiger partial charge >= 0.3 is 0 Å². The molecule has 0 bridgehead atoms. The third-order valence-electron chi connectivity index (χ3n) is 2.81. The molecule has 0 saturated heterocycles. The molecule has 3 nitrogen and oxygen atoms in total. The van der Waals surface area contributed by atoms with Gasteiger partial charge in [-0.25, -0.2) is 0 Å². The van der Waals surface area contributed by atoms with Crippen molar-refractivity contribution in [2.24, 2.45) is 0 Å². The number of unbranched alkanes of at least 4 members (excludes halogenated alkanes) is 1. The predicted molar refractivity (Wildman–Crippen MR) is 75.4 cm³/mol. The molecule has 1 aromatic carbocycles. The van der Waals surface area contributed by atoms with Gasteiger partial charge in [0.25, 0.3) is 0 Å². The second kappa shape index (κ2) is 8.70. The van der Waals surface area contributed by atoms with Crippen LogP contribution in [0.1, 0.15) is 37.3 Å². The molecular formula is C15H24N2O. The molecule has 0 aromatic heterocycles. The maximum absolute atomic E-state index is 11.6. The standard InChI is InChI=1S/C15H24N2O/c1-3-4-9-16-10-8-15(18)17-12-14-7-5-6-13(2)11-14/h5-7,11,16H,3-4,8-10,12H2,1-2H3,(H,17,18). The van der Waals surface area contributed by atoms with Crippen LogP contribution in [0.5, 0.6) is 0 Å². The Morgan fingerprint density at radius 1 is 1.28 bits per heavy atom. The molecule has 0 saturated carbocycles. The van der Waals surface area contributed by atoms with Crippen LogP contribution in [0, 0.1) is 6.92 Å². The van der Waals surface area contributed by atoms with Crippen molar-refractivity contribution in [2.75, 3.05) is 13.1 Å². The van der Waals surface area contributed by atoms with E-state index in [9.17, 15) is 4.79 Å². The van der Waals surface area contributed by atoms with Gasteiger partial charge in [0.05, 0.1) is 0 Å². The summed E-state index contributed by atoms with van der Waals surface area (Å²) < 4.78 is 0. The Hall–Kier alpha value is -1.35. The molecule has 2 N–H and O–H groups in total. The molecule has 0 spiro atoms. The molecule has 0 atom stereocenters. The molecule has 18 heavy (non-hydrogen) atoms.